The minimum Gasteiger partial charge on any atom is -0.438 e. The van der Waals surface area contributed by atoms with Crippen molar-refractivity contribution in [3.8, 4) is 11.7 Å². The van der Waals surface area contributed by atoms with Crippen LogP contribution in [0.15, 0.2) is 44.3 Å². The summed E-state index contributed by atoms with van der Waals surface area (Å²) in [5.41, 5.74) is 0.576. The van der Waals surface area contributed by atoms with Crippen LogP contribution in [-0.2, 0) is 10.0 Å². The summed E-state index contributed by atoms with van der Waals surface area (Å²) in [7, 11) is -4.09. The van der Waals surface area contributed by atoms with Crippen LogP contribution < -0.4 is 4.72 Å². The Hall–Kier alpha value is -2.68. The second-order valence-corrected chi connectivity index (χ2v) is 7.89. The van der Waals surface area contributed by atoms with Gasteiger partial charge >= 0.3 is 0 Å². The Bertz CT molecular complexity index is 1050. The van der Waals surface area contributed by atoms with E-state index in [9.17, 15) is 12.8 Å². The van der Waals surface area contributed by atoms with Gasteiger partial charge in [0.2, 0.25) is 11.0 Å². The van der Waals surface area contributed by atoms with Crippen molar-refractivity contribution in [3.63, 3.8) is 0 Å². The third-order valence-corrected chi connectivity index (χ3v) is 5.56. The number of hydrogen-bond acceptors (Lipinski definition) is 6. The van der Waals surface area contributed by atoms with E-state index in [1.54, 1.807) is 13.0 Å². The van der Waals surface area contributed by atoms with Gasteiger partial charge in [-0.25, -0.2) is 4.39 Å². The Balaban J connectivity index is 1.58. The van der Waals surface area contributed by atoms with Crippen LogP contribution in [0.3, 0.4) is 0 Å². The number of nitrogens with zero attached hydrogens (tertiary/aromatic N) is 2. The van der Waals surface area contributed by atoms with Gasteiger partial charge in [0.05, 0.1) is 5.69 Å². The highest BCUT2D eigenvalue weighted by molar-refractivity contribution is 7.92. The van der Waals surface area contributed by atoms with E-state index in [-0.39, 0.29) is 28.3 Å². The number of rotatable bonds is 5. The number of benzene rings is 1. The monoisotopic (exact) mass is 377 g/mol. The van der Waals surface area contributed by atoms with Gasteiger partial charge in [0.25, 0.3) is 15.9 Å². The van der Waals surface area contributed by atoms with Crippen molar-refractivity contribution < 1.29 is 21.6 Å². The number of hydrogen-bond donors (Lipinski definition) is 1. The molecule has 2 heterocycles. The molecule has 0 radical (unpaired) electrons. The summed E-state index contributed by atoms with van der Waals surface area (Å²) in [6, 6.07) is 6.84. The van der Waals surface area contributed by atoms with E-state index < -0.39 is 15.8 Å². The van der Waals surface area contributed by atoms with E-state index in [1.807, 2.05) is 0 Å². The van der Waals surface area contributed by atoms with Gasteiger partial charge in [-0.2, -0.15) is 8.42 Å². The van der Waals surface area contributed by atoms with Crippen molar-refractivity contribution in [3.05, 3.63) is 47.6 Å². The zero-order chi connectivity index (χ0) is 18.3. The van der Waals surface area contributed by atoms with Gasteiger partial charge < -0.3 is 8.83 Å². The van der Waals surface area contributed by atoms with Crippen LogP contribution in [0, 0.1) is 12.7 Å². The van der Waals surface area contributed by atoms with Gasteiger partial charge in [-0.15, -0.1) is 10.2 Å². The van der Waals surface area contributed by atoms with E-state index in [4.69, 9.17) is 8.83 Å². The van der Waals surface area contributed by atoms with E-state index in [2.05, 4.69) is 14.9 Å². The topological polar surface area (TPSA) is 98.2 Å². The predicted octanol–water partition coefficient (Wildman–Crippen LogP) is 3.85. The number of nitrogens with one attached hydrogen (secondary N) is 1. The van der Waals surface area contributed by atoms with Crippen LogP contribution in [-0.4, -0.2) is 18.6 Å². The van der Waals surface area contributed by atoms with Gasteiger partial charge in [0.1, 0.15) is 5.82 Å². The van der Waals surface area contributed by atoms with Crippen molar-refractivity contribution in [1.29, 1.82) is 0 Å². The van der Waals surface area contributed by atoms with Gasteiger partial charge in [0.15, 0.2) is 5.76 Å². The van der Waals surface area contributed by atoms with Crippen LogP contribution in [0.1, 0.15) is 36.6 Å². The Morgan fingerprint density at radius 2 is 1.96 bits per heavy atom. The molecule has 0 saturated heterocycles. The molecule has 3 aromatic rings. The lowest BCUT2D eigenvalue weighted by Gasteiger charge is -2.20. The molecule has 1 saturated carbocycles. The summed E-state index contributed by atoms with van der Waals surface area (Å²) < 4.78 is 51.8. The molecule has 0 aliphatic heterocycles. The number of furan rings is 1. The van der Waals surface area contributed by atoms with Crippen LogP contribution in [0.25, 0.3) is 11.7 Å². The third-order valence-electron chi connectivity index (χ3n) is 4.32. The summed E-state index contributed by atoms with van der Waals surface area (Å²) in [6.45, 7) is 1.73. The molecule has 1 fully saturated rings. The lowest BCUT2D eigenvalue weighted by Crippen LogP contribution is -2.13. The van der Waals surface area contributed by atoms with Crippen LogP contribution in [0.4, 0.5) is 10.1 Å². The highest BCUT2D eigenvalue weighted by Gasteiger charge is 2.27. The first-order valence-corrected chi connectivity index (χ1v) is 9.63. The molecule has 136 valence electrons. The number of aromatic nitrogens is 2. The molecule has 7 nitrogen and oxygen atoms in total. The quantitative estimate of drug-likeness (QED) is 0.725. The predicted molar refractivity (Wildman–Crippen MR) is 90.5 cm³/mol. The lowest BCUT2D eigenvalue weighted by atomic mass is 9.85. The summed E-state index contributed by atoms with van der Waals surface area (Å²) in [4.78, 5) is 0. The minimum absolute atomic E-state index is 0.120. The standard InChI is InChI=1S/C17H16FN3O4S/c1-10-5-6-12(18)13(9-10)21-26(22,23)15-8-7-14(24-15)17-20-19-16(25-17)11-3-2-4-11/h5-9,11,21H,2-4H2,1H3. The maximum Gasteiger partial charge on any atom is 0.295 e. The summed E-state index contributed by atoms with van der Waals surface area (Å²) in [6.07, 6.45) is 3.14. The number of sulfonamides is 1. The Morgan fingerprint density at radius 1 is 1.15 bits per heavy atom. The highest BCUT2D eigenvalue weighted by atomic mass is 32.2. The smallest absolute Gasteiger partial charge is 0.295 e. The zero-order valence-corrected chi connectivity index (χ0v) is 14.7. The van der Waals surface area contributed by atoms with Crippen LogP contribution in [0.2, 0.25) is 0 Å². The molecular formula is C17H16FN3O4S. The molecule has 0 atom stereocenters. The van der Waals surface area contributed by atoms with Crippen molar-refractivity contribution in [2.75, 3.05) is 4.72 Å². The van der Waals surface area contributed by atoms with Crippen molar-refractivity contribution in [2.45, 2.75) is 37.2 Å². The SMILES string of the molecule is Cc1ccc(F)c(NS(=O)(=O)c2ccc(-c3nnc(C4CCC4)o3)o2)c1. The second-order valence-electron chi connectivity index (χ2n) is 6.28. The zero-order valence-electron chi connectivity index (χ0n) is 13.9. The average molecular weight is 377 g/mol. The first kappa shape index (κ1) is 16.8. The molecule has 0 unspecified atom stereocenters. The molecule has 1 aliphatic carbocycles. The number of halogens is 1. The molecule has 2 aromatic heterocycles. The Labute approximate surface area is 149 Å². The molecule has 1 N–H and O–H groups in total. The number of anilines is 1. The Kier molecular flexibility index (Phi) is 4.03. The van der Waals surface area contributed by atoms with E-state index >= 15 is 0 Å². The molecule has 0 amide bonds. The highest BCUT2D eigenvalue weighted by Crippen LogP contribution is 2.36. The molecule has 4 rings (SSSR count). The maximum atomic E-state index is 13.8. The van der Waals surface area contributed by atoms with Crippen molar-refractivity contribution in [2.24, 2.45) is 0 Å². The third kappa shape index (κ3) is 3.10. The molecule has 26 heavy (non-hydrogen) atoms. The minimum atomic E-state index is -4.09. The normalized spacial score (nSPS) is 15.0. The first-order chi connectivity index (χ1) is 12.4. The number of aryl methyl sites for hydroxylation is 1. The van der Waals surface area contributed by atoms with E-state index in [0.717, 1.165) is 24.8 Å². The van der Waals surface area contributed by atoms with Gasteiger partial charge in [0, 0.05) is 5.92 Å². The van der Waals surface area contributed by atoms with Crippen LogP contribution in [0.5, 0.6) is 0 Å². The van der Waals surface area contributed by atoms with Gasteiger partial charge in [-0.3, -0.25) is 4.72 Å². The molecule has 0 spiro atoms. The van der Waals surface area contributed by atoms with Crippen molar-refractivity contribution >= 4 is 15.7 Å². The summed E-state index contributed by atoms with van der Waals surface area (Å²) in [5.74, 6) is 0.392. The average Bonchev–Trinajstić information content (AvgIpc) is 3.18. The second kappa shape index (κ2) is 6.24. The van der Waals surface area contributed by atoms with Gasteiger partial charge in [-0.1, -0.05) is 12.5 Å². The fourth-order valence-electron chi connectivity index (χ4n) is 2.65. The largest absolute Gasteiger partial charge is 0.438 e. The maximum absolute atomic E-state index is 13.8. The van der Waals surface area contributed by atoms with E-state index in [0.29, 0.717) is 5.89 Å². The molecular weight excluding hydrogens is 361 g/mol. The first-order valence-electron chi connectivity index (χ1n) is 8.15. The molecule has 9 heteroatoms. The molecule has 1 aromatic carbocycles. The van der Waals surface area contributed by atoms with E-state index in [1.165, 1.54) is 24.3 Å². The van der Waals surface area contributed by atoms with Crippen molar-refractivity contribution in [1.82, 2.24) is 10.2 Å². The Morgan fingerprint density at radius 3 is 2.69 bits per heavy atom. The fraction of sp³-hybridized carbons (Fsp3) is 0.294. The molecule has 0 bridgehead atoms. The van der Waals surface area contributed by atoms with Gasteiger partial charge in [-0.05, 0) is 49.6 Å². The fourth-order valence-corrected chi connectivity index (χ4v) is 3.64. The summed E-state index contributed by atoms with van der Waals surface area (Å²) in [5, 5.41) is 7.53. The lowest BCUT2D eigenvalue weighted by molar-refractivity contribution is 0.334. The summed E-state index contributed by atoms with van der Waals surface area (Å²) >= 11 is 0. The van der Waals surface area contributed by atoms with Crippen LogP contribution >= 0.6 is 0 Å². The molecule has 1 aliphatic rings.